The molecule has 2 aromatic carbocycles. The van der Waals surface area contributed by atoms with Crippen LogP contribution in [0.25, 0.3) is 0 Å². The molecule has 0 aliphatic carbocycles. The smallest absolute Gasteiger partial charge is 0.240 e. The molecule has 1 fully saturated rings. The van der Waals surface area contributed by atoms with Gasteiger partial charge in [0, 0.05) is 25.3 Å². The number of aryl methyl sites for hydroxylation is 1. The molecule has 1 saturated heterocycles. The first-order valence-electron chi connectivity index (χ1n) is 8.71. The fourth-order valence-corrected chi connectivity index (χ4v) is 3.97. The number of sulfonamides is 1. The summed E-state index contributed by atoms with van der Waals surface area (Å²) in [6, 6.07) is 13.2. The first kappa shape index (κ1) is 18.8. The van der Waals surface area contributed by atoms with Gasteiger partial charge < -0.3 is 9.64 Å². The summed E-state index contributed by atoms with van der Waals surface area (Å²) in [6.45, 7) is 3.67. The van der Waals surface area contributed by atoms with Crippen LogP contribution in [-0.2, 0) is 21.2 Å². The Hall–Kier alpha value is -1.96. The Kier molecular flexibility index (Phi) is 6.24. The molecular weight excluding hydrogens is 355 g/mol. The molecule has 0 unspecified atom stereocenters. The van der Waals surface area contributed by atoms with Gasteiger partial charge in [-0.05, 0) is 54.8 Å². The van der Waals surface area contributed by atoms with E-state index in [1.165, 1.54) is 23.4 Å². The molecule has 3 rings (SSSR count). The molecule has 0 aromatic heterocycles. The van der Waals surface area contributed by atoms with Crippen LogP contribution in [0.4, 0.5) is 10.1 Å². The van der Waals surface area contributed by atoms with E-state index >= 15 is 0 Å². The standard InChI is InChI=1S/C19H23FN2O3S/c20-17-5-9-19(10-6-17)26(23,24)21-11-1-2-16-3-7-18(8-4-16)22-12-14-25-15-13-22/h3-10,21H,1-2,11-15H2. The molecule has 26 heavy (non-hydrogen) atoms. The lowest BCUT2D eigenvalue weighted by Gasteiger charge is -2.28. The van der Waals surface area contributed by atoms with Crippen LogP contribution < -0.4 is 9.62 Å². The van der Waals surface area contributed by atoms with Gasteiger partial charge in [0.2, 0.25) is 10.0 Å². The molecule has 1 heterocycles. The first-order valence-corrected chi connectivity index (χ1v) is 10.2. The van der Waals surface area contributed by atoms with Gasteiger partial charge in [0.05, 0.1) is 18.1 Å². The van der Waals surface area contributed by atoms with Crippen LogP contribution in [-0.4, -0.2) is 41.3 Å². The van der Waals surface area contributed by atoms with E-state index in [1.807, 2.05) is 0 Å². The van der Waals surface area contributed by atoms with Crippen molar-refractivity contribution in [1.82, 2.24) is 4.72 Å². The maximum absolute atomic E-state index is 12.9. The number of halogens is 1. The van der Waals surface area contributed by atoms with Crippen molar-refractivity contribution in [1.29, 1.82) is 0 Å². The topological polar surface area (TPSA) is 58.6 Å². The highest BCUT2D eigenvalue weighted by molar-refractivity contribution is 7.89. The molecule has 2 aromatic rings. The maximum Gasteiger partial charge on any atom is 0.240 e. The third-order valence-corrected chi connectivity index (χ3v) is 5.85. The number of hydrogen-bond donors (Lipinski definition) is 1. The predicted molar refractivity (Wildman–Crippen MR) is 99.4 cm³/mol. The zero-order chi connectivity index (χ0) is 18.4. The predicted octanol–water partition coefficient (Wildman–Crippen LogP) is 2.57. The van der Waals surface area contributed by atoms with E-state index in [0.717, 1.165) is 44.9 Å². The Balaban J connectivity index is 1.46. The van der Waals surface area contributed by atoms with Crippen LogP contribution in [0.2, 0.25) is 0 Å². The van der Waals surface area contributed by atoms with Crippen LogP contribution >= 0.6 is 0 Å². The van der Waals surface area contributed by atoms with Gasteiger partial charge in [-0.1, -0.05) is 12.1 Å². The van der Waals surface area contributed by atoms with Crippen molar-refractivity contribution in [2.75, 3.05) is 37.7 Å². The second-order valence-electron chi connectivity index (χ2n) is 6.22. The number of hydrogen-bond acceptors (Lipinski definition) is 4. The number of ether oxygens (including phenoxy) is 1. The van der Waals surface area contributed by atoms with Gasteiger partial charge >= 0.3 is 0 Å². The second-order valence-corrected chi connectivity index (χ2v) is 7.99. The highest BCUT2D eigenvalue weighted by Gasteiger charge is 2.13. The third kappa shape index (κ3) is 5.03. The summed E-state index contributed by atoms with van der Waals surface area (Å²) < 4.78 is 45.1. The van der Waals surface area contributed by atoms with Crippen molar-refractivity contribution < 1.29 is 17.5 Å². The first-order chi connectivity index (χ1) is 12.5. The van der Waals surface area contributed by atoms with Crippen molar-refractivity contribution in [2.24, 2.45) is 0 Å². The van der Waals surface area contributed by atoms with Crippen molar-refractivity contribution in [3.05, 3.63) is 59.9 Å². The quantitative estimate of drug-likeness (QED) is 0.753. The Labute approximate surface area is 153 Å². The average Bonchev–Trinajstić information content (AvgIpc) is 2.67. The molecule has 140 valence electrons. The summed E-state index contributed by atoms with van der Waals surface area (Å²) in [7, 11) is -3.59. The minimum atomic E-state index is -3.59. The zero-order valence-electron chi connectivity index (χ0n) is 14.5. The van der Waals surface area contributed by atoms with Crippen LogP contribution in [0, 0.1) is 5.82 Å². The van der Waals surface area contributed by atoms with Crippen molar-refractivity contribution in [2.45, 2.75) is 17.7 Å². The molecule has 5 nitrogen and oxygen atoms in total. The van der Waals surface area contributed by atoms with Crippen LogP contribution in [0.15, 0.2) is 53.4 Å². The number of nitrogens with zero attached hydrogens (tertiary/aromatic N) is 1. The highest BCUT2D eigenvalue weighted by atomic mass is 32.2. The lowest BCUT2D eigenvalue weighted by Crippen LogP contribution is -2.36. The van der Waals surface area contributed by atoms with E-state index in [9.17, 15) is 12.8 Å². The number of nitrogens with one attached hydrogen (secondary N) is 1. The zero-order valence-corrected chi connectivity index (χ0v) is 15.3. The summed E-state index contributed by atoms with van der Waals surface area (Å²) in [5, 5.41) is 0. The van der Waals surface area contributed by atoms with Crippen LogP contribution in [0.1, 0.15) is 12.0 Å². The van der Waals surface area contributed by atoms with Crippen LogP contribution in [0.3, 0.4) is 0 Å². The maximum atomic E-state index is 12.9. The summed E-state index contributed by atoms with van der Waals surface area (Å²) in [5.74, 6) is -0.454. The lowest BCUT2D eigenvalue weighted by molar-refractivity contribution is 0.122. The lowest BCUT2D eigenvalue weighted by atomic mass is 10.1. The third-order valence-electron chi connectivity index (χ3n) is 4.37. The highest BCUT2D eigenvalue weighted by Crippen LogP contribution is 2.17. The fourth-order valence-electron chi connectivity index (χ4n) is 2.89. The van der Waals surface area contributed by atoms with Gasteiger partial charge in [0.1, 0.15) is 5.82 Å². The molecule has 1 aliphatic rings. The van der Waals surface area contributed by atoms with Gasteiger partial charge in [0.15, 0.2) is 0 Å². The van der Waals surface area contributed by atoms with Crippen LogP contribution in [0.5, 0.6) is 0 Å². The Morgan fingerprint density at radius 1 is 1.00 bits per heavy atom. The van der Waals surface area contributed by atoms with E-state index < -0.39 is 15.8 Å². The Morgan fingerprint density at radius 3 is 2.31 bits per heavy atom. The fraction of sp³-hybridized carbons (Fsp3) is 0.368. The summed E-state index contributed by atoms with van der Waals surface area (Å²) >= 11 is 0. The van der Waals surface area contributed by atoms with Crippen molar-refractivity contribution in [3.8, 4) is 0 Å². The Bertz CT molecular complexity index is 802. The minimum absolute atomic E-state index is 0.0776. The summed E-state index contributed by atoms with van der Waals surface area (Å²) in [4.78, 5) is 2.37. The van der Waals surface area contributed by atoms with Gasteiger partial charge in [0.25, 0.3) is 0 Å². The molecule has 0 radical (unpaired) electrons. The van der Waals surface area contributed by atoms with Gasteiger partial charge in [-0.15, -0.1) is 0 Å². The van der Waals surface area contributed by atoms with E-state index in [0.29, 0.717) is 13.0 Å². The number of benzene rings is 2. The van der Waals surface area contributed by atoms with E-state index in [-0.39, 0.29) is 4.90 Å². The van der Waals surface area contributed by atoms with Gasteiger partial charge in [-0.3, -0.25) is 0 Å². The van der Waals surface area contributed by atoms with Gasteiger partial charge in [-0.25, -0.2) is 17.5 Å². The van der Waals surface area contributed by atoms with Crippen molar-refractivity contribution in [3.63, 3.8) is 0 Å². The van der Waals surface area contributed by atoms with E-state index in [2.05, 4.69) is 33.9 Å². The molecular formula is C19H23FN2O3S. The van der Waals surface area contributed by atoms with E-state index in [4.69, 9.17) is 4.74 Å². The normalized spacial score (nSPS) is 15.2. The number of rotatable bonds is 7. The monoisotopic (exact) mass is 378 g/mol. The molecule has 0 amide bonds. The molecule has 0 spiro atoms. The molecule has 0 atom stereocenters. The number of anilines is 1. The summed E-state index contributed by atoms with van der Waals surface area (Å²) in [5.41, 5.74) is 2.36. The molecule has 1 N–H and O–H groups in total. The molecule has 0 saturated carbocycles. The summed E-state index contributed by atoms with van der Waals surface area (Å²) in [6.07, 6.45) is 1.48. The van der Waals surface area contributed by atoms with E-state index in [1.54, 1.807) is 0 Å². The largest absolute Gasteiger partial charge is 0.378 e. The van der Waals surface area contributed by atoms with Crippen molar-refractivity contribution >= 4 is 15.7 Å². The Morgan fingerprint density at radius 2 is 1.65 bits per heavy atom. The molecule has 1 aliphatic heterocycles. The second kappa shape index (κ2) is 8.62. The van der Waals surface area contributed by atoms with Gasteiger partial charge in [-0.2, -0.15) is 0 Å². The molecule has 0 bridgehead atoms. The average molecular weight is 378 g/mol. The number of morpholine rings is 1. The molecule has 7 heteroatoms. The SMILES string of the molecule is O=S(=O)(NCCCc1ccc(N2CCOCC2)cc1)c1ccc(F)cc1. The minimum Gasteiger partial charge on any atom is -0.378 e.